The molecular weight excluding hydrogens is 340 g/mol. The van der Waals surface area contributed by atoms with Gasteiger partial charge in [0.05, 0.1) is 12.4 Å². The predicted molar refractivity (Wildman–Crippen MR) is 83.2 cm³/mol. The summed E-state index contributed by atoms with van der Waals surface area (Å²) in [6.45, 7) is 0.447. The largest absolute Gasteiger partial charge is 0.435 e. The number of nitrogens with one attached hydrogen (secondary N) is 1. The third-order valence-electron chi connectivity index (χ3n) is 4.05. The Morgan fingerprint density at radius 2 is 1.96 bits per heavy atom. The molecule has 0 spiro atoms. The van der Waals surface area contributed by atoms with Crippen molar-refractivity contribution in [2.75, 3.05) is 25.1 Å². The molecule has 1 unspecified atom stereocenters. The van der Waals surface area contributed by atoms with Crippen molar-refractivity contribution in [2.24, 2.45) is 5.92 Å². The van der Waals surface area contributed by atoms with Crippen LogP contribution in [0.3, 0.4) is 0 Å². The van der Waals surface area contributed by atoms with Crippen LogP contribution in [0.1, 0.15) is 12.1 Å². The number of benzene rings is 1. The van der Waals surface area contributed by atoms with Crippen LogP contribution in [0, 0.1) is 5.92 Å². The summed E-state index contributed by atoms with van der Waals surface area (Å²) in [5.41, 5.74) is -0.0332. The normalized spacial score (nSPS) is 17.8. The topological polar surface area (TPSA) is 50.2 Å². The molecule has 0 bridgehead atoms. The first kappa shape index (κ1) is 17.2. The second kappa shape index (κ2) is 6.73. The van der Waals surface area contributed by atoms with Gasteiger partial charge in [0.2, 0.25) is 0 Å². The van der Waals surface area contributed by atoms with E-state index in [1.54, 1.807) is 29.2 Å². The molecule has 25 heavy (non-hydrogen) atoms. The molecule has 1 N–H and O–H groups in total. The zero-order chi connectivity index (χ0) is 18.0. The summed E-state index contributed by atoms with van der Waals surface area (Å²) < 4.78 is 51.4. The van der Waals surface area contributed by atoms with Gasteiger partial charge in [-0.15, -0.1) is 0 Å². The number of amides is 2. The van der Waals surface area contributed by atoms with Gasteiger partial charge in [-0.25, -0.2) is 9.48 Å². The van der Waals surface area contributed by atoms with Crippen molar-refractivity contribution in [3.8, 4) is 5.69 Å². The molecule has 1 aromatic carbocycles. The van der Waals surface area contributed by atoms with Gasteiger partial charge in [0.15, 0.2) is 5.69 Å². The van der Waals surface area contributed by atoms with E-state index < -0.39 is 18.5 Å². The average molecular weight is 356 g/mol. The molecule has 0 saturated carbocycles. The monoisotopic (exact) mass is 356 g/mol. The quantitative estimate of drug-likeness (QED) is 0.853. The molecule has 3 rings (SSSR count). The van der Waals surface area contributed by atoms with Crippen LogP contribution in [0.4, 0.5) is 28.0 Å². The minimum absolute atomic E-state index is 0.115. The standard InChI is InChI=1S/C16H16F4N4O/c17-9-11-5-7-23(10-11)15(25)21-12-1-3-13(4-2-12)24-8-6-14(22-24)16(18,19)20/h1-4,6,8,11H,5,7,9-10H2,(H,21,25). The molecule has 0 radical (unpaired) electrons. The SMILES string of the molecule is O=C(Nc1ccc(-n2ccc(C(F)(F)F)n2)cc1)N1CCC(CF)C1. The summed E-state index contributed by atoms with van der Waals surface area (Å²) in [5, 5.41) is 6.18. The number of carbonyl (C=O) groups is 1. The lowest BCUT2D eigenvalue weighted by molar-refractivity contribution is -0.141. The number of aromatic nitrogens is 2. The zero-order valence-corrected chi connectivity index (χ0v) is 13.1. The van der Waals surface area contributed by atoms with Gasteiger partial charge in [-0.05, 0) is 36.8 Å². The van der Waals surface area contributed by atoms with Crippen molar-refractivity contribution in [3.05, 3.63) is 42.2 Å². The molecule has 2 amide bonds. The van der Waals surface area contributed by atoms with Crippen LogP contribution in [0.15, 0.2) is 36.5 Å². The Kier molecular flexibility index (Phi) is 4.65. The van der Waals surface area contributed by atoms with Gasteiger partial charge in [-0.2, -0.15) is 18.3 Å². The number of carbonyl (C=O) groups excluding carboxylic acids is 1. The summed E-state index contributed by atoms with van der Waals surface area (Å²) in [7, 11) is 0. The van der Waals surface area contributed by atoms with Crippen LogP contribution < -0.4 is 5.32 Å². The van der Waals surface area contributed by atoms with E-state index in [2.05, 4.69) is 10.4 Å². The molecule has 1 aromatic heterocycles. The van der Waals surface area contributed by atoms with Gasteiger partial charge in [0, 0.05) is 30.9 Å². The lowest BCUT2D eigenvalue weighted by atomic mass is 10.1. The van der Waals surface area contributed by atoms with Crippen LogP contribution in [0.2, 0.25) is 0 Å². The fourth-order valence-electron chi connectivity index (χ4n) is 2.66. The second-order valence-electron chi connectivity index (χ2n) is 5.88. The Morgan fingerprint density at radius 3 is 2.52 bits per heavy atom. The number of rotatable bonds is 3. The van der Waals surface area contributed by atoms with Crippen LogP contribution in [0.5, 0.6) is 0 Å². The van der Waals surface area contributed by atoms with Gasteiger partial charge in [-0.1, -0.05) is 0 Å². The van der Waals surface area contributed by atoms with Crippen LogP contribution in [0.25, 0.3) is 5.69 Å². The van der Waals surface area contributed by atoms with E-state index in [0.717, 1.165) is 10.7 Å². The highest BCUT2D eigenvalue weighted by Gasteiger charge is 2.33. The highest BCUT2D eigenvalue weighted by atomic mass is 19.4. The van der Waals surface area contributed by atoms with Crippen LogP contribution in [-0.2, 0) is 6.18 Å². The van der Waals surface area contributed by atoms with Gasteiger partial charge in [-0.3, -0.25) is 4.39 Å². The van der Waals surface area contributed by atoms with Crippen molar-refractivity contribution in [2.45, 2.75) is 12.6 Å². The van der Waals surface area contributed by atoms with E-state index in [1.807, 2.05) is 0 Å². The molecule has 2 heterocycles. The van der Waals surface area contributed by atoms with E-state index >= 15 is 0 Å². The number of anilines is 1. The lowest BCUT2D eigenvalue weighted by Gasteiger charge is -2.17. The van der Waals surface area contributed by atoms with Crippen molar-refractivity contribution in [1.82, 2.24) is 14.7 Å². The smallest absolute Gasteiger partial charge is 0.324 e. The minimum atomic E-state index is -4.49. The third kappa shape index (κ3) is 3.92. The molecule has 1 saturated heterocycles. The first-order chi connectivity index (χ1) is 11.9. The lowest BCUT2D eigenvalue weighted by Crippen LogP contribution is -2.33. The number of likely N-dealkylation sites (tertiary alicyclic amines) is 1. The molecule has 1 aliphatic heterocycles. The zero-order valence-electron chi connectivity index (χ0n) is 13.1. The van der Waals surface area contributed by atoms with Gasteiger partial charge < -0.3 is 10.2 Å². The summed E-state index contributed by atoms with van der Waals surface area (Å²) in [5.74, 6) is -0.115. The van der Waals surface area contributed by atoms with Crippen LogP contribution in [-0.4, -0.2) is 40.5 Å². The first-order valence-corrected chi connectivity index (χ1v) is 7.72. The number of hydrogen-bond acceptors (Lipinski definition) is 2. The molecule has 9 heteroatoms. The van der Waals surface area contributed by atoms with Crippen molar-refractivity contribution in [1.29, 1.82) is 0 Å². The van der Waals surface area contributed by atoms with E-state index in [4.69, 9.17) is 0 Å². The van der Waals surface area contributed by atoms with Gasteiger partial charge in [0.1, 0.15) is 0 Å². The van der Waals surface area contributed by atoms with E-state index in [-0.39, 0.29) is 11.9 Å². The van der Waals surface area contributed by atoms with E-state index in [9.17, 15) is 22.4 Å². The number of hydrogen-bond donors (Lipinski definition) is 1. The Balaban J connectivity index is 1.64. The Hall–Kier alpha value is -2.58. The summed E-state index contributed by atoms with van der Waals surface area (Å²) >= 11 is 0. The summed E-state index contributed by atoms with van der Waals surface area (Å²) in [6.07, 6.45) is -2.63. The summed E-state index contributed by atoms with van der Waals surface area (Å²) in [4.78, 5) is 13.6. The highest BCUT2D eigenvalue weighted by molar-refractivity contribution is 5.89. The fraction of sp³-hybridized carbons (Fsp3) is 0.375. The maximum Gasteiger partial charge on any atom is 0.435 e. The molecular formula is C16H16F4N4O. The number of urea groups is 1. The predicted octanol–water partition coefficient (Wildman–Crippen LogP) is 3.71. The maximum atomic E-state index is 12.6. The molecule has 5 nitrogen and oxygen atoms in total. The third-order valence-corrected chi connectivity index (χ3v) is 4.05. The highest BCUT2D eigenvalue weighted by Crippen LogP contribution is 2.28. The number of nitrogens with zero attached hydrogens (tertiary/aromatic N) is 3. The van der Waals surface area contributed by atoms with Gasteiger partial charge in [0.25, 0.3) is 0 Å². The van der Waals surface area contributed by atoms with Crippen molar-refractivity contribution in [3.63, 3.8) is 0 Å². The minimum Gasteiger partial charge on any atom is -0.324 e. The number of halogens is 4. The van der Waals surface area contributed by atoms with Gasteiger partial charge >= 0.3 is 12.2 Å². The van der Waals surface area contributed by atoms with Crippen LogP contribution >= 0.6 is 0 Å². The second-order valence-corrected chi connectivity index (χ2v) is 5.88. The molecule has 1 atom stereocenters. The Morgan fingerprint density at radius 1 is 1.24 bits per heavy atom. The molecule has 1 aliphatic rings. The molecule has 2 aromatic rings. The first-order valence-electron chi connectivity index (χ1n) is 7.72. The maximum absolute atomic E-state index is 12.6. The molecule has 0 aliphatic carbocycles. The number of alkyl halides is 4. The Bertz CT molecular complexity index is 741. The van der Waals surface area contributed by atoms with Crippen molar-refractivity contribution >= 4 is 11.7 Å². The average Bonchev–Trinajstić information content (AvgIpc) is 3.24. The van der Waals surface area contributed by atoms with E-state index in [0.29, 0.717) is 30.9 Å². The molecule has 134 valence electrons. The Labute approximate surface area is 141 Å². The summed E-state index contributed by atoms with van der Waals surface area (Å²) in [6, 6.07) is 6.83. The molecule has 1 fully saturated rings. The van der Waals surface area contributed by atoms with E-state index in [1.165, 1.54) is 6.20 Å². The fourth-order valence-corrected chi connectivity index (χ4v) is 2.66. The van der Waals surface area contributed by atoms with Crippen molar-refractivity contribution < 1.29 is 22.4 Å².